The molecule has 0 N–H and O–H groups in total. The van der Waals surface area contributed by atoms with Crippen LogP contribution in [0.2, 0.25) is 5.15 Å². The van der Waals surface area contributed by atoms with Crippen LogP contribution in [0.3, 0.4) is 0 Å². The number of hydrogen-bond acceptors (Lipinski definition) is 3. The molecule has 0 atom stereocenters. The van der Waals surface area contributed by atoms with Gasteiger partial charge in [-0.2, -0.15) is 0 Å². The molecule has 0 aliphatic carbocycles. The van der Waals surface area contributed by atoms with E-state index < -0.39 is 0 Å². The lowest BCUT2D eigenvalue weighted by Gasteiger charge is -2.09. The minimum atomic E-state index is -0.116. The summed E-state index contributed by atoms with van der Waals surface area (Å²) in [6.45, 7) is 0.348. The van der Waals surface area contributed by atoms with Gasteiger partial charge in [-0.1, -0.05) is 48.0 Å². The van der Waals surface area contributed by atoms with E-state index >= 15 is 0 Å². The molecule has 0 bridgehead atoms. The van der Waals surface area contributed by atoms with Crippen molar-refractivity contribution in [1.82, 2.24) is 14.5 Å². The highest BCUT2D eigenvalue weighted by Gasteiger charge is 2.09. The summed E-state index contributed by atoms with van der Waals surface area (Å²) in [5.74, 6) is 0. The van der Waals surface area contributed by atoms with Gasteiger partial charge < -0.3 is 0 Å². The Morgan fingerprint density at radius 1 is 1.04 bits per heavy atom. The molecule has 0 spiro atoms. The Hall–Kier alpha value is -2.72. The van der Waals surface area contributed by atoms with E-state index in [0.717, 1.165) is 27.2 Å². The van der Waals surface area contributed by atoms with E-state index in [-0.39, 0.29) is 5.56 Å². The molecule has 5 heteroatoms. The Bertz CT molecular complexity index is 1090. The first-order valence-corrected chi connectivity index (χ1v) is 7.57. The number of rotatable bonds is 2. The Morgan fingerprint density at radius 3 is 2.74 bits per heavy atom. The summed E-state index contributed by atoms with van der Waals surface area (Å²) >= 11 is 6.36. The first-order valence-electron chi connectivity index (χ1n) is 7.20. The first kappa shape index (κ1) is 13.9. The molecular formula is C18H12ClN3O. The van der Waals surface area contributed by atoms with Gasteiger partial charge in [0.05, 0.1) is 18.4 Å². The van der Waals surface area contributed by atoms with Crippen molar-refractivity contribution in [3.63, 3.8) is 0 Å². The SMILES string of the molecule is O=c1ccncn1Cc1cc2ccc3ccccc3c2nc1Cl. The lowest BCUT2D eigenvalue weighted by Crippen LogP contribution is -2.19. The maximum Gasteiger partial charge on any atom is 0.253 e. The van der Waals surface area contributed by atoms with Crippen LogP contribution in [0, 0.1) is 0 Å². The number of benzene rings is 2. The molecule has 4 nitrogen and oxygen atoms in total. The van der Waals surface area contributed by atoms with Crippen molar-refractivity contribution >= 4 is 33.3 Å². The predicted molar refractivity (Wildman–Crippen MR) is 91.9 cm³/mol. The van der Waals surface area contributed by atoms with Crippen LogP contribution in [0.1, 0.15) is 5.56 Å². The third kappa shape index (κ3) is 2.47. The summed E-state index contributed by atoms with van der Waals surface area (Å²) in [5, 5.41) is 3.60. The van der Waals surface area contributed by atoms with E-state index in [1.54, 1.807) is 0 Å². The highest BCUT2D eigenvalue weighted by molar-refractivity contribution is 6.31. The van der Waals surface area contributed by atoms with E-state index in [0.29, 0.717) is 11.7 Å². The van der Waals surface area contributed by atoms with Crippen LogP contribution in [-0.4, -0.2) is 14.5 Å². The molecule has 0 aliphatic rings. The van der Waals surface area contributed by atoms with Crippen LogP contribution in [0.5, 0.6) is 0 Å². The molecule has 112 valence electrons. The van der Waals surface area contributed by atoms with E-state index in [1.807, 2.05) is 36.4 Å². The summed E-state index contributed by atoms with van der Waals surface area (Å²) in [4.78, 5) is 20.4. The highest BCUT2D eigenvalue weighted by atomic mass is 35.5. The summed E-state index contributed by atoms with van der Waals surface area (Å²) in [5.41, 5.74) is 1.55. The second kappa shape index (κ2) is 5.48. The molecule has 4 rings (SSSR count). The Kier molecular flexibility index (Phi) is 3.32. The molecule has 4 aromatic rings. The van der Waals surface area contributed by atoms with E-state index in [2.05, 4.69) is 16.0 Å². The molecule has 0 radical (unpaired) electrons. The van der Waals surface area contributed by atoms with Crippen molar-refractivity contribution in [2.75, 3.05) is 0 Å². The number of pyridine rings is 1. The minimum absolute atomic E-state index is 0.116. The van der Waals surface area contributed by atoms with E-state index in [9.17, 15) is 4.79 Å². The summed E-state index contributed by atoms with van der Waals surface area (Å²) in [6.07, 6.45) is 2.98. The quantitative estimate of drug-likeness (QED) is 0.418. The fraction of sp³-hybridized carbons (Fsp3) is 0.0556. The number of nitrogens with zero attached hydrogens (tertiary/aromatic N) is 3. The van der Waals surface area contributed by atoms with Crippen LogP contribution < -0.4 is 5.56 Å². The molecule has 0 saturated heterocycles. The summed E-state index contributed by atoms with van der Waals surface area (Å²) < 4.78 is 1.51. The molecule has 0 saturated carbocycles. The van der Waals surface area contributed by atoms with Gasteiger partial charge in [0.1, 0.15) is 5.15 Å². The van der Waals surface area contributed by atoms with Gasteiger partial charge in [0.15, 0.2) is 0 Å². The number of fused-ring (bicyclic) bond motifs is 3. The molecule has 23 heavy (non-hydrogen) atoms. The van der Waals surface area contributed by atoms with Crippen LogP contribution in [0.4, 0.5) is 0 Å². The highest BCUT2D eigenvalue weighted by Crippen LogP contribution is 2.27. The van der Waals surface area contributed by atoms with Gasteiger partial charge in [-0.05, 0) is 11.5 Å². The lowest BCUT2D eigenvalue weighted by molar-refractivity contribution is 0.735. The van der Waals surface area contributed by atoms with E-state index in [4.69, 9.17) is 11.6 Å². The third-order valence-corrected chi connectivity index (χ3v) is 4.20. The maximum absolute atomic E-state index is 11.8. The van der Waals surface area contributed by atoms with Gasteiger partial charge >= 0.3 is 0 Å². The van der Waals surface area contributed by atoms with Crippen LogP contribution in [0.15, 0.2) is 65.8 Å². The minimum Gasteiger partial charge on any atom is -0.295 e. The van der Waals surface area contributed by atoms with Crippen molar-refractivity contribution in [2.45, 2.75) is 6.54 Å². The zero-order valence-corrected chi connectivity index (χ0v) is 12.9. The fourth-order valence-electron chi connectivity index (χ4n) is 2.72. The standard InChI is InChI=1S/C18H12ClN3O/c19-18-14(10-22-11-20-8-7-16(22)23)9-13-6-5-12-3-1-2-4-15(12)17(13)21-18/h1-9,11H,10H2. The molecule has 0 amide bonds. The topological polar surface area (TPSA) is 47.8 Å². The van der Waals surface area contributed by atoms with Crippen molar-refractivity contribution in [2.24, 2.45) is 0 Å². The smallest absolute Gasteiger partial charge is 0.253 e. The van der Waals surface area contributed by atoms with Crippen molar-refractivity contribution in [1.29, 1.82) is 0 Å². The van der Waals surface area contributed by atoms with Gasteiger partial charge in [0.2, 0.25) is 0 Å². The largest absolute Gasteiger partial charge is 0.295 e. The first-order chi connectivity index (χ1) is 11.2. The van der Waals surface area contributed by atoms with E-state index in [1.165, 1.54) is 23.2 Å². The van der Waals surface area contributed by atoms with Gasteiger partial charge in [-0.15, -0.1) is 0 Å². The number of aromatic nitrogens is 3. The average Bonchev–Trinajstić information content (AvgIpc) is 2.57. The maximum atomic E-state index is 11.8. The third-order valence-electron chi connectivity index (χ3n) is 3.87. The Balaban J connectivity index is 1.89. The molecule has 2 aromatic heterocycles. The van der Waals surface area contributed by atoms with Gasteiger partial charge in [0.25, 0.3) is 5.56 Å². The fourth-order valence-corrected chi connectivity index (χ4v) is 2.92. The van der Waals surface area contributed by atoms with Crippen molar-refractivity contribution in [3.05, 3.63) is 82.1 Å². The number of hydrogen-bond donors (Lipinski definition) is 0. The second-order valence-corrected chi connectivity index (χ2v) is 5.70. The van der Waals surface area contributed by atoms with Crippen molar-refractivity contribution in [3.8, 4) is 0 Å². The molecular weight excluding hydrogens is 310 g/mol. The molecule has 2 aromatic carbocycles. The van der Waals surface area contributed by atoms with Gasteiger partial charge in [-0.3, -0.25) is 9.36 Å². The zero-order valence-electron chi connectivity index (χ0n) is 12.1. The molecule has 2 heterocycles. The van der Waals surface area contributed by atoms with Crippen LogP contribution >= 0.6 is 11.6 Å². The van der Waals surface area contributed by atoms with Crippen LogP contribution in [-0.2, 0) is 6.54 Å². The molecule has 0 fully saturated rings. The lowest BCUT2D eigenvalue weighted by atomic mass is 10.1. The summed E-state index contributed by atoms with van der Waals surface area (Å²) in [7, 11) is 0. The molecule has 0 aliphatic heterocycles. The van der Waals surface area contributed by atoms with Gasteiger partial charge in [-0.25, -0.2) is 9.97 Å². The second-order valence-electron chi connectivity index (χ2n) is 5.34. The van der Waals surface area contributed by atoms with Crippen LogP contribution in [0.25, 0.3) is 21.7 Å². The summed E-state index contributed by atoms with van der Waals surface area (Å²) in [6, 6.07) is 15.6. The Labute approximate surface area is 137 Å². The molecule has 0 unspecified atom stereocenters. The average molecular weight is 322 g/mol. The Morgan fingerprint density at radius 2 is 1.87 bits per heavy atom. The van der Waals surface area contributed by atoms with Gasteiger partial charge in [0, 0.05) is 28.6 Å². The number of halogens is 1. The predicted octanol–water partition coefficient (Wildman–Crippen LogP) is 3.65. The van der Waals surface area contributed by atoms with Crippen molar-refractivity contribution < 1.29 is 0 Å². The monoisotopic (exact) mass is 321 g/mol. The normalized spacial score (nSPS) is 11.2. The zero-order chi connectivity index (χ0) is 15.8.